The van der Waals surface area contributed by atoms with E-state index in [1.165, 1.54) is 4.90 Å². The lowest BCUT2D eigenvalue weighted by atomic mass is 9.95. The number of methoxy groups -OCH3 is 1. The molecule has 1 saturated heterocycles. The number of hydrogen-bond donors (Lipinski definition) is 1. The maximum atomic E-state index is 13.4. The van der Waals surface area contributed by atoms with Crippen LogP contribution in [0.1, 0.15) is 42.5 Å². The fraction of sp³-hybridized carbons (Fsp3) is 0.333. The molecule has 1 amide bonds. The number of nitrogens with zero attached hydrogens (tertiary/aromatic N) is 2. The van der Waals surface area contributed by atoms with Crippen molar-refractivity contribution in [2.24, 2.45) is 0 Å². The Hall–Kier alpha value is -4.30. The van der Waals surface area contributed by atoms with Gasteiger partial charge in [0.1, 0.15) is 18.1 Å². The number of carbonyl (C=O) groups is 2. The van der Waals surface area contributed by atoms with Gasteiger partial charge in [0, 0.05) is 18.7 Å². The SMILES string of the molecule is CCCCOc1ccc(C(O)=C2C(=O)C(=O)N(CCN(C)C)C2c2ccc(OCc3ccccc3)c(OC)c2)cc1. The molecule has 0 bridgehead atoms. The maximum absolute atomic E-state index is 13.4. The number of Topliss-reactive ketones (excluding diaryl/α,β-unsaturated/α-hetero) is 1. The molecule has 1 fully saturated rings. The highest BCUT2D eigenvalue weighted by Gasteiger charge is 2.46. The molecule has 3 aromatic rings. The van der Waals surface area contributed by atoms with E-state index in [1.807, 2.05) is 49.3 Å². The summed E-state index contributed by atoms with van der Waals surface area (Å²) in [6.45, 7) is 3.90. The third-order valence-corrected chi connectivity index (χ3v) is 6.96. The van der Waals surface area contributed by atoms with E-state index < -0.39 is 17.7 Å². The van der Waals surface area contributed by atoms with E-state index in [2.05, 4.69) is 6.92 Å². The van der Waals surface area contributed by atoms with Crippen LogP contribution in [-0.2, 0) is 16.2 Å². The highest BCUT2D eigenvalue weighted by molar-refractivity contribution is 6.46. The summed E-state index contributed by atoms with van der Waals surface area (Å²) in [4.78, 5) is 30.1. The van der Waals surface area contributed by atoms with Gasteiger partial charge in [-0.3, -0.25) is 9.59 Å². The number of amides is 1. The Labute approximate surface area is 241 Å². The van der Waals surface area contributed by atoms with Gasteiger partial charge in [0.05, 0.1) is 25.3 Å². The van der Waals surface area contributed by atoms with Crippen LogP contribution < -0.4 is 14.2 Å². The maximum Gasteiger partial charge on any atom is 0.295 e. The van der Waals surface area contributed by atoms with Gasteiger partial charge in [-0.1, -0.05) is 49.7 Å². The van der Waals surface area contributed by atoms with Gasteiger partial charge < -0.3 is 29.1 Å². The van der Waals surface area contributed by atoms with Gasteiger partial charge in [0.25, 0.3) is 11.7 Å². The van der Waals surface area contributed by atoms with E-state index >= 15 is 0 Å². The topological polar surface area (TPSA) is 88.5 Å². The van der Waals surface area contributed by atoms with Crippen LogP contribution in [0.4, 0.5) is 0 Å². The molecule has 1 atom stereocenters. The Kier molecular flexibility index (Phi) is 10.0. The Morgan fingerprint density at radius 2 is 1.68 bits per heavy atom. The van der Waals surface area contributed by atoms with Crippen LogP contribution in [0.2, 0.25) is 0 Å². The molecule has 0 aromatic heterocycles. The average molecular weight is 559 g/mol. The number of hydrogen-bond acceptors (Lipinski definition) is 7. The molecule has 1 heterocycles. The highest BCUT2D eigenvalue weighted by Crippen LogP contribution is 2.42. The number of aliphatic hydroxyl groups is 1. The Bertz CT molecular complexity index is 1370. The van der Waals surface area contributed by atoms with Crippen LogP contribution in [0.25, 0.3) is 5.76 Å². The van der Waals surface area contributed by atoms with E-state index in [1.54, 1.807) is 49.6 Å². The van der Waals surface area contributed by atoms with Gasteiger partial charge in [0.15, 0.2) is 11.5 Å². The molecule has 1 aliphatic rings. The predicted octanol–water partition coefficient (Wildman–Crippen LogP) is 5.44. The first-order valence-electron chi connectivity index (χ1n) is 13.8. The first kappa shape index (κ1) is 29.7. The summed E-state index contributed by atoms with van der Waals surface area (Å²) < 4.78 is 17.4. The molecule has 0 radical (unpaired) electrons. The van der Waals surface area contributed by atoms with Crippen molar-refractivity contribution < 1.29 is 28.9 Å². The van der Waals surface area contributed by atoms with Crippen LogP contribution >= 0.6 is 0 Å². The Morgan fingerprint density at radius 1 is 0.951 bits per heavy atom. The molecule has 1 N–H and O–H groups in total. The number of aliphatic hydroxyl groups excluding tert-OH is 1. The Morgan fingerprint density at radius 3 is 2.34 bits per heavy atom. The first-order valence-corrected chi connectivity index (χ1v) is 13.8. The normalized spacial score (nSPS) is 16.3. The summed E-state index contributed by atoms with van der Waals surface area (Å²) in [5, 5.41) is 11.4. The minimum Gasteiger partial charge on any atom is -0.507 e. The number of likely N-dealkylation sites (tertiary alicyclic amines) is 1. The van der Waals surface area contributed by atoms with E-state index in [-0.39, 0.29) is 11.3 Å². The highest BCUT2D eigenvalue weighted by atomic mass is 16.5. The molecular formula is C33H38N2O6. The largest absolute Gasteiger partial charge is 0.507 e. The molecule has 8 heteroatoms. The summed E-state index contributed by atoms with van der Waals surface area (Å²) >= 11 is 0. The molecule has 0 saturated carbocycles. The van der Waals surface area contributed by atoms with Crippen molar-refractivity contribution in [2.75, 3.05) is 40.9 Å². The van der Waals surface area contributed by atoms with Crippen molar-refractivity contribution in [3.05, 3.63) is 95.1 Å². The number of ketones is 1. The summed E-state index contributed by atoms with van der Waals surface area (Å²) in [5.41, 5.74) is 2.11. The zero-order valence-electron chi connectivity index (χ0n) is 24.1. The van der Waals surface area contributed by atoms with Crippen LogP contribution in [0.3, 0.4) is 0 Å². The van der Waals surface area contributed by atoms with Crippen LogP contribution in [0.15, 0.2) is 78.4 Å². The minimum absolute atomic E-state index is 0.0356. The van der Waals surface area contributed by atoms with Crippen LogP contribution in [0, 0.1) is 0 Å². The van der Waals surface area contributed by atoms with E-state index in [9.17, 15) is 14.7 Å². The van der Waals surface area contributed by atoms with Crippen LogP contribution in [0.5, 0.6) is 17.2 Å². The molecule has 1 aliphatic heterocycles. The van der Waals surface area contributed by atoms with Crippen molar-refractivity contribution in [1.82, 2.24) is 9.80 Å². The third kappa shape index (κ3) is 7.08. The molecule has 216 valence electrons. The number of benzene rings is 3. The van der Waals surface area contributed by atoms with Crippen molar-refractivity contribution in [2.45, 2.75) is 32.4 Å². The molecule has 0 aliphatic carbocycles. The number of ether oxygens (including phenoxy) is 3. The van der Waals surface area contributed by atoms with Crippen molar-refractivity contribution in [3.63, 3.8) is 0 Å². The number of rotatable bonds is 13. The second kappa shape index (κ2) is 13.9. The molecular weight excluding hydrogens is 520 g/mol. The van der Waals surface area contributed by atoms with E-state index in [0.29, 0.717) is 54.7 Å². The number of unbranched alkanes of at least 4 members (excludes halogenated alkanes) is 1. The van der Waals surface area contributed by atoms with Gasteiger partial charge in [-0.05, 0) is 68.0 Å². The van der Waals surface area contributed by atoms with Crippen molar-refractivity contribution in [3.8, 4) is 17.2 Å². The third-order valence-electron chi connectivity index (χ3n) is 6.96. The second-order valence-corrected chi connectivity index (χ2v) is 10.2. The fourth-order valence-electron chi connectivity index (χ4n) is 4.67. The monoisotopic (exact) mass is 558 g/mol. The number of carbonyl (C=O) groups excluding carboxylic acids is 2. The smallest absolute Gasteiger partial charge is 0.295 e. The molecule has 3 aromatic carbocycles. The molecule has 4 rings (SSSR count). The zero-order valence-corrected chi connectivity index (χ0v) is 24.1. The summed E-state index contributed by atoms with van der Waals surface area (Å²) in [6.07, 6.45) is 1.97. The average Bonchev–Trinajstić information content (AvgIpc) is 3.24. The predicted molar refractivity (Wildman–Crippen MR) is 158 cm³/mol. The van der Waals surface area contributed by atoms with Gasteiger partial charge >= 0.3 is 0 Å². The first-order chi connectivity index (χ1) is 19.8. The van der Waals surface area contributed by atoms with E-state index in [4.69, 9.17) is 14.2 Å². The number of likely N-dealkylation sites (N-methyl/N-ethyl adjacent to an activating group) is 1. The fourth-order valence-corrected chi connectivity index (χ4v) is 4.67. The summed E-state index contributed by atoms with van der Waals surface area (Å²) in [6, 6.07) is 21.2. The summed E-state index contributed by atoms with van der Waals surface area (Å²) in [5.74, 6) is 0.0615. The molecule has 0 spiro atoms. The van der Waals surface area contributed by atoms with Gasteiger partial charge in [-0.2, -0.15) is 0 Å². The van der Waals surface area contributed by atoms with E-state index in [0.717, 1.165) is 18.4 Å². The quantitative estimate of drug-likeness (QED) is 0.129. The molecule has 41 heavy (non-hydrogen) atoms. The van der Waals surface area contributed by atoms with Gasteiger partial charge in [0.2, 0.25) is 0 Å². The zero-order chi connectivity index (χ0) is 29.4. The van der Waals surface area contributed by atoms with Crippen molar-refractivity contribution >= 4 is 17.4 Å². The van der Waals surface area contributed by atoms with Crippen LogP contribution in [-0.4, -0.2) is 67.5 Å². The molecule has 1 unspecified atom stereocenters. The minimum atomic E-state index is -0.799. The van der Waals surface area contributed by atoms with Gasteiger partial charge in [-0.15, -0.1) is 0 Å². The Balaban J connectivity index is 1.70. The van der Waals surface area contributed by atoms with Crippen molar-refractivity contribution in [1.29, 1.82) is 0 Å². The standard InChI is InChI=1S/C33H38N2O6/c1-5-6-20-40-26-15-12-24(13-16-26)31(36)29-30(35(19-18-34(2)3)33(38)32(29)37)25-14-17-27(28(21-25)39-4)41-22-23-10-8-7-9-11-23/h7-17,21,30,36H,5-6,18-20,22H2,1-4H3. The second-order valence-electron chi connectivity index (χ2n) is 10.2. The molecule has 8 nitrogen and oxygen atoms in total. The lowest BCUT2D eigenvalue weighted by Crippen LogP contribution is -2.35. The lowest BCUT2D eigenvalue weighted by Gasteiger charge is -2.27. The lowest BCUT2D eigenvalue weighted by molar-refractivity contribution is -0.140. The summed E-state index contributed by atoms with van der Waals surface area (Å²) in [7, 11) is 5.34. The van der Waals surface area contributed by atoms with Gasteiger partial charge in [-0.25, -0.2) is 0 Å².